The highest BCUT2D eigenvalue weighted by Gasteiger charge is 2.21. The first-order valence-electron chi connectivity index (χ1n) is 9.44. The van der Waals surface area contributed by atoms with Crippen LogP contribution in [0.15, 0.2) is 48.5 Å². The van der Waals surface area contributed by atoms with Crippen molar-refractivity contribution in [3.8, 4) is 0 Å². The standard InChI is InChI=1S/C21H25F2N3O2/c22-17-5-1-15(2-6-17)14-26-11-9-19(10-12-26)25-21(28)24-13-20(27)16-3-7-18(23)8-4-16/h1-8,19-20,27H,9-14H2,(H2,24,25,28). The topological polar surface area (TPSA) is 64.6 Å². The summed E-state index contributed by atoms with van der Waals surface area (Å²) in [6.45, 7) is 2.52. The molecule has 1 aliphatic rings. The van der Waals surface area contributed by atoms with E-state index in [-0.39, 0.29) is 30.3 Å². The van der Waals surface area contributed by atoms with Crippen LogP contribution in [0.3, 0.4) is 0 Å². The molecular formula is C21H25F2N3O2. The molecule has 28 heavy (non-hydrogen) atoms. The fourth-order valence-corrected chi connectivity index (χ4v) is 3.31. The Kier molecular flexibility index (Phi) is 6.95. The highest BCUT2D eigenvalue weighted by atomic mass is 19.1. The second-order valence-corrected chi connectivity index (χ2v) is 7.10. The summed E-state index contributed by atoms with van der Waals surface area (Å²) < 4.78 is 25.9. The first-order valence-corrected chi connectivity index (χ1v) is 9.44. The van der Waals surface area contributed by atoms with Crippen molar-refractivity contribution in [2.75, 3.05) is 19.6 Å². The lowest BCUT2D eigenvalue weighted by Gasteiger charge is -2.32. The van der Waals surface area contributed by atoms with E-state index in [1.165, 1.54) is 36.4 Å². The van der Waals surface area contributed by atoms with Gasteiger partial charge in [-0.3, -0.25) is 4.90 Å². The number of piperidine rings is 1. The van der Waals surface area contributed by atoms with Gasteiger partial charge < -0.3 is 15.7 Å². The number of hydrogen-bond donors (Lipinski definition) is 3. The zero-order valence-corrected chi connectivity index (χ0v) is 15.6. The van der Waals surface area contributed by atoms with Crippen molar-refractivity contribution in [3.63, 3.8) is 0 Å². The lowest BCUT2D eigenvalue weighted by molar-refractivity contribution is 0.167. The normalized spacial score (nSPS) is 16.5. The summed E-state index contributed by atoms with van der Waals surface area (Å²) in [7, 11) is 0. The van der Waals surface area contributed by atoms with Gasteiger partial charge in [-0.1, -0.05) is 24.3 Å². The predicted octanol–water partition coefficient (Wildman–Crippen LogP) is 2.96. The summed E-state index contributed by atoms with van der Waals surface area (Å²) in [4.78, 5) is 14.3. The second kappa shape index (κ2) is 9.61. The van der Waals surface area contributed by atoms with Gasteiger partial charge in [0.25, 0.3) is 0 Å². The molecule has 2 aromatic carbocycles. The highest BCUT2D eigenvalue weighted by molar-refractivity contribution is 5.74. The third kappa shape index (κ3) is 6.00. The van der Waals surface area contributed by atoms with Gasteiger partial charge in [0.2, 0.25) is 0 Å². The molecule has 1 saturated heterocycles. The van der Waals surface area contributed by atoms with Gasteiger partial charge in [-0.25, -0.2) is 13.6 Å². The van der Waals surface area contributed by atoms with Gasteiger partial charge >= 0.3 is 6.03 Å². The molecule has 2 amide bonds. The van der Waals surface area contributed by atoms with Gasteiger partial charge in [-0.05, 0) is 48.2 Å². The summed E-state index contributed by atoms with van der Waals surface area (Å²) >= 11 is 0. The van der Waals surface area contributed by atoms with E-state index in [2.05, 4.69) is 15.5 Å². The number of rotatable bonds is 6. The number of nitrogens with one attached hydrogen (secondary N) is 2. The van der Waals surface area contributed by atoms with Crippen LogP contribution >= 0.6 is 0 Å². The number of hydrogen-bond acceptors (Lipinski definition) is 3. The van der Waals surface area contributed by atoms with E-state index in [4.69, 9.17) is 0 Å². The average Bonchev–Trinajstić information content (AvgIpc) is 2.70. The lowest BCUT2D eigenvalue weighted by atomic mass is 10.0. The van der Waals surface area contributed by atoms with Crippen molar-refractivity contribution in [2.24, 2.45) is 0 Å². The molecule has 5 nitrogen and oxygen atoms in total. The van der Waals surface area contributed by atoms with E-state index in [1.54, 1.807) is 12.1 Å². The number of aliphatic hydroxyl groups is 1. The smallest absolute Gasteiger partial charge is 0.315 e. The summed E-state index contributed by atoms with van der Waals surface area (Å²) in [5.41, 5.74) is 1.62. The maximum absolute atomic E-state index is 13.0. The summed E-state index contributed by atoms with van der Waals surface area (Å²) in [6, 6.07) is 11.8. The Morgan fingerprint density at radius 2 is 1.61 bits per heavy atom. The van der Waals surface area contributed by atoms with Crippen LogP contribution in [0.25, 0.3) is 0 Å². The molecule has 3 N–H and O–H groups in total. The van der Waals surface area contributed by atoms with Crippen LogP contribution in [0.4, 0.5) is 13.6 Å². The van der Waals surface area contributed by atoms with Crippen LogP contribution in [0.2, 0.25) is 0 Å². The third-order valence-electron chi connectivity index (χ3n) is 4.95. The van der Waals surface area contributed by atoms with Gasteiger partial charge in [-0.15, -0.1) is 0 Å². The maximum Gasteiger partial charge on any atom is 0.315 e. The molecule has 1 heterocycles. The van der Waals surface area contributed by atoms with Crippen LogP contribution < -0.4 is 10.6 Å². The fraction of sp³-hybridized carbons (Fsp3) is 0.381. The molecule has 1 atom stereocenters. The van der Waals surface area contributed by atoms with Crippen LogP contribution in [0, 0.1) is 11.6 Å². The minimum Gasteiger partial charge on any atom is -0.387 e. The number of likely N-dealkylation sites (tertiary alicyclic amines) is 1. The third-order valence-corrected chi connectivity index (χ3v) is 4.95. The van der Waals surface area contributed by atoms with Crippen molar-refractivity contribution in [1.82, 2.24) is 15.5 Å². The van der Waals surface area contributed by atoms with Crippen molar-refractivity contribution in [1.29, 1.82) is 0 Å². The molecular weight excluding hydrogens is 364 g/mol. The second-order valence-electron chi connectivity index (χ2n) is 7.10. The number of aliphatic hydroxyl groups excluding tert-OH is 1. The molecule has 3 rings (SSSR count). The molecule has 150 valence electrons. The van der Waals surface area contributed by atoms with Gasteiger partial charge in [0.05, 0.1) is 6.10 Å². The maximum atomic E-state index is 13.0. The number of carbonyl (C=O) groups is 1. The Balaban J connectivity index is 1.36. The Morgan fingerprint density at radius 1 is 1.04 bits per heavy atom. The van der Waals surface area contributed by atoms with E-state index < -0.39 is 6.10 Å². The molecule has 1 aliphatic heterocycles. The predicted molar refractivity (Wildman–Crippen MR) is 103 cm³/mol. The monoisotopic (exact) mass is 389 g/mol. The first kappa shape index (κ1) is 20.2. The van der Waals surface area contributed by atoms with Gasteiger partial charge in [0.1, 0.15) is 11.6 Å². The van der Waals surface area contributed by atoms with Crippen molar-refractivity contribution in [3.05, 3.63) is 71.3 Å². The minimum absolute atomic E-state index is 0.0564. The van der Waals surface area contributed by atoms with Gasteiger partial charge in [-0.2, -0.15) is 0 Å². The summed E-state index contributed by atoms with van der Waals surface area (Å²) in [5, 5.41) is 15.6. The number of carbonyl (C=O) groups excluding carboxylic acids is 1. The highest BCUT2D eigenvalue weighted by Crippen LogP contribution is 2.15. The van der Waals surface area contributed by atoms with Crippen molar-refractivity contribution >= 4 is 6.03 Å². The van der Waals surface area contributed by atoms with Gasteiger partial charge in [0, 0.05) is 32.2 Å². The number of amides is 2. The fourth-order valence-electron chi connectivity index (χ4n) is 3.31. The van der Waals surface area contributed by atoms with Crippen LogP contribution in [-0.2, 0) is 6.54 Å². The molecule has 0 bridgehead atoms. The van der Waals surface area contributed by atoms with Gasteiger partial charge in [0.15, 0.2) is 0 Å². The molecule has 0 spiro atoms. The minimum atomic E-state index is -0.885. The van der Waals surface area contributed by atoms with E-state index >= 15 is 0 Å². The summed E-state index contributed by atoms with van der Waals surface area (Å²) in [6.07, 6.45) is 0.772. The number of benzene rings is 2. The average molecular weight is 389 g/mol. The summed E-state index contributed by atoms with van der Waals surface area (Å²) in [5.74, 6) is -0.602. The number of nitrogens with zero attached hydrogens (tertiary/aromatic N) is 1. The molecule has 0 radical (unpaired) electrons. The number of halogens is 2. The zero-order valence-electron chi connectivity index (χ0n) is 15.6. The van der Waals surface area contributed by atoms with E-state index in [0.717, 1.165) is 38.0 Å². The number of urea groups is 1. The molecule has 7 heteroatoms. The Bertz CT molecular complexity index is 760. The van der Waals surface area contributed by atoms with Crippen LogP contribution in [0.1, 0.15) is 30.1 Å². The Labute approximate surface area is 163 Å². The molecule has 1 fully saturated rings. The van der Waals surface area contributed by atoms with Crippen LogP contribution in [0.5, 0.6) is 0 Å². The zero-order chi connectivity index (χ0) is 19.9. The first-order chi connectivity index (χ1) is 13.5. The SMILES string of the molecule is O=C(NCC(O)c1ccc(F)cc1)NC1CCN(Cc2ccc(F)cc2)CC1. The van der Waals surface area contributed by atoms with E-state index in [9.17, 15) is 18.7 Å². The van der Waals surface area contributed by atoms with Crippen LogP contribution in [-0.4, -0.2) is 41.7 Å². The molecule has 1 unspecified atom stereocenters. The van der Waals surface area contributed by atoms with E-state index in [1.807, 2.05) is 0 Å². The molecule has 0 saturated carbocycles. The largest absolute Gasteiger partial charge is 0.387 e. The quantitative estimate of drug-likeness (QED) is 0.712. The Morgan fingerprint density at radius 3 is 2.21 bits per heavy atom. The molecule has 2 aromatic rings. The van der Waals surface area contributed by atoms with Crippen molar-refractivity contribution in [2.45, 2.75) is 31.5 Å². The van der Waals surface area contributed by atoms with E-state index in [0.29, 0.717) is 5.56 Å². The Hall–Kier alpha value is -2.51. The van der Waals surface area contributed by atoms with Crippen molar-refractivity contribution < 1.29 is 18.7 Å². The lowest BCUT2D eigenvalue weighted by Crippen LogP contribution is -2.48. The molecule has 0 aromatic heterocycles. The molecule has 0 aliphatic carbocycles.